The van der Waals surface area contributed by atoms with Crippen LogP contribution in [0.2, 0.25) is 0 Å². The number of thioether (sulfide) groups is 1. The number of aromatic nitrogens is 1. The molecule has 1 fully saturated rings. The molecule has 2 N–H and O–H groups in total. The zero-order chi connectivity index (χ0) is 22.8. The molecule has 0 radical (unpaired) electrons. The molecule has 3 amide bonds. The Morgan fingerprint density at radius 2 is 1.97 bits per heavy atom. The Labute approximate surface area is 186 Å². The molecule has 164 valence electrons. The molecule has 9 heteroatoms. The van der Waals surface area contributed by atoms with E-state index in [-0.39, 0.29) is 41.7 Å². The van der Waals surface area contributed by atoms with Crippen molar-refractivity contribution in [1.82, 2.24) is 15.2 Å². The summed E-state index contributed by atoms with van der Waals surface area (Å²) < 4.78 is 27.4. The van der Waals surface area contributed by atoms with Crippen molar-refractivity contribution in [3.05, 3.63) is 75.8 Å². The van der Waals surface area contributed by atoms with Crippen LogP contribution in [0.4, 0.5) is 13.6 Å². The topological polar surface area (TPSA) is 82.3 Å². The van der Waals surface area contributed by atoms with Crippen molar-refractivity contribution in [2.24, 2.45) is 0 Å². The molecular formula is C23H19F2N3O3S. The Bertz CT molecular complexity index is 1270. The minimum atomic E-state index is -0.527. The fourth-order valence-electron chi connectivity index (χ4n) is 3.54. The van der Waals surface area contributed by atoms with E-state index in [9.17, 15) is 23.2 Å². The largest absolute Gasteiger partial charge is 0.358 e. The second kappa shape index (κ2) is 8.96. The Balaban J connectivity index is 1.36. The van der Waals surface area contributed by atoms with Crippen LogP contribution in [0, 0.1) is 18.6 Å². The van der Waals surface area contributed by atoms with Gasteiger partial charge in [-0.2, -0.15) is 0 Å². The van der Waals surface area contributed by atoms with Crippen LogP contribution >= 0.6 is 11.8 Å². The fourth-order valence-corrected chi connectivity index (χ4v) is 4.39. The molecular weight excluding hydrogens is 436 g/mol. The first kappa shape index (κ1) is 21.8. The smallest absolute Gasteiger partial charge is 0.293 e. The third-order valence-corrected chi connectivity index (χ3v) is 6.05. The van der Waals surface area contributed by atoms with Crippen molar-refractivity contribution >= 4 is 45.8 Å². The third-order valence-electron chi connectivity index (χ3n) is 5.14. The van der Waals surface area contributed by atoms with Crippen molar-refractivity contribution in [2.45, 2.75) is 13.3 Å². The summed E-state index contributed by atoms with van der Waals surface area (Å²) >= 11 is 0.732. The summed E-state index contributed by atoms with van der Waals surface area (Å²) in [7, 11) is 0. The molecule has 0 atom stereocenters. The molecule has 1 saturated heterocycles. The number of halogens is 2. The standard InChI is InChI=1S/C23H19F2N3O3S/c1-13-16(17-11-15(24)6-7-19(17)27-13)12-21(29)26-8-9-28-22(30)20(32-23(28)31)10-14-4-2-3-5-18(14)25/h2-7,10-11,27H,8-9,12H2,1H3,(H,26,29)/b20-10-. The lowest BCUT2D eigenvalue weighted by molar-refractivity contribution is -0.124. The van der Waals surface area contributed by atoms with E-state index in [1.165, 1.54) is 36.4 Å². The molecule has 0 aliphatic carbocycles. The van der Waals surface area contributed by atoms with Crippen molar-refractivity contribution in [2.75, 3.05) is 13.1 Å². The van der Waals surface area contributed by atoms with Crippen LogP contribution in [0.1, 0.15) is 16.8 Å². The lowest BCUT2D eigenvalue weighted by Gasteiger charge is -2.13. The van der Waals surface area contributed by atoms with Gasteiger partial charge in [-0.05, 0) is 54.6 Å². The number of carbonyl (C=O) groups is 3. The van der Waals surface area contributed by atoms with Gasteiger partial charge in [0.05, 0.1) is 11.3 Å². The van der Waals surface area contributed by atoms with E-state index in [4.69, 9.17) is 0 Å². The van der Waals surface area contributed by atoms with Crippen molar-refractivity contribution in [3.63, 3.8) is 0 Å². The van der Waals surface area contributed by atoms with Gasteiger partial charge in [0, 0.05) is 35.2 Å². The van der Waals surface area contributed by atoms with Crippen LogP contribution in [0.5, 0.6) is 0 Å². The van der Waals surface area contributed by atoms with Gasteiger partial charge in [0.1, 0.15) is 11.6 Å². The summed E-state index contributed by atoms with van der Waals surface area (Å²) in [5.74, 6) is -1.72. The molecule has 0 spiro atoms. The van der Waals surface area contributed by atoms with E-state index < -0.39 is 17.0 Å². The van der Waals surface area contributed by atoms with Crippen molar-refractivity contribution < 1.29 is 23.2 Å². The Hall–Kier alpha value is -3.46. The van der Waals surface area contributed by atoms with E-state index in [0.29, 0.717) is 10.9 Å². The zero-order valence-corrected chi connectivity index (χ0v) is 17.9. The Morgan fingerprint density at radius 3 is 2.75 bits per heavy atom. The van der Waals surface area contributed by atoms with E-state index in [2.05, 4.69) is 10.3 Å². The number of H-pyrrole nitrogens is 1. The van der Waals surface area contributed by atoms with Gasteiger partial charge in [0.2, 0.25) is 5.91 Å². The number of rotatable bonds is 6. The van der Waals surface area contributed by atoms with Gasteiger partial charge in [-0.3, -0.25) is 19.3 Å². The van der Waals surface area contributed by atoms with Crippen molar-refractivity contribution in [3.8, 4) is 0 Å². The van der Waals surface area contributed by atoms with E-state index in [0.717, 1.165) is 27.9 Å². The number of hydrogen-bond donors (Lipinski definition) is 2. The van der Waals surface area contributed by atoms with Gasteiger partial charge in [-0.15, -0.1) is 0 Å². The summed E-state index contributed by atoms with van der Waals surface area (Å²) in [4.78, 5) is 41.4. The highest BCUT2D eigenvalue weighted by Gasteiger charge is 2.34. The minimum absolute atomic E-state index is 0.00743. The molecule has 0 unspecified atom stereocenters. The fraction of sp³-hybridized carbons (Fsp3) is 0.174. The molecule has 3 aromatic rings. The predicted molar refractivity (Wildman–Crippen MR) is 119 cm³/mol. The van der Waals surface area contributed by atoms with Crippen LogP contribution < -0.4 is 5.32 Å². The summed E-state index contributed by atoms with van der Waals surface area (Å²) in [5, 5.41) is 2.85. The number of nitrogens with one attached hydrogen (secondary N) is 2. The maximum Gasteiger partial charge on any atom is 0.293 e. The van der Waals surface area contributed by atoms with Gasteiger partial charge < -0.3 is 10.3 Å². The number of hydrogen-bond acceptors (Lipinski definition) is 4. The maximum absolute atomic E-state index is 13.8. The maximum atomic E-state index is 13.8. The summed E-state index contributed by atoms with van der Waals surface area (Å²) in [6, 6.07) is 10.3. The minimum Gasteiger partial charge on any atom is -0.358 e. The molecule has 6 nitrogen and oxygen atoms in total. The lowest BCUT2D eigenvalue weighted by atomic mass is 10.1. The average molecular weight is 455 g/mol. The van der Waals surface area contributed by atoms with Gasteiger partial charge in [0.15, 0.2) is 0 Å². The summed E-state index contributed by atoms with van der Waals surface area (Å²) in [6.07, 6.45) is 1.38. The Kier molecular flexibility index (Phi) is 6.09. The first-order valence-electron chi connectivity index (χ1n) is 9.87. The van der Waals surface area contributed by atoms with Crippen LogP contribution in [0.3, 0.4) is 0 Å². The Morgan fingerprint density at radius 1 is 1.19 bits per heavy atom. The van der Waals surface area contributed by atoms with Gasteiger partial charge in [-0.25, -0.2) is 8.78 Å². The summed E-state index contributed by atoms with van der Waals surface area (Å²) in [5.41, 5.74) is 2.42. The molecule has 2 aromatic carbocycles. The zero-order valence-electron chi connectivity index (χ0n) is 17.1. The first-order valence-corrected chi connectivity index (χ1v) is 10.7. The van der Waals surface area contributed by atoms with Crippen LogP contribution in [-0.4, -0.2) is 40.0 Å². The first-order chi connectivity index (χ1) is 15.3. The third kappa shape index (κ3) is 4.43. The van der Waals surface area contributed by atoms with E-state index >= 15 is 0 Å². The van der Waals surface area contributed by atoms with Gasteiger partial charge in [-0.1, -0.05) is 18.2 Å². The van der Waals surface area contributed by atoms with E-state index in [1.54, 1.807) is 12.1 Å². The number of fused-ring (bicyclic) bond motifs is 1. The normalized spacial score (nSPS) is 15.2. The van der Waals surface area contributed by atoms with Crippen LogP contribution in [-0.2, 0) is 16.0 Å². The highest BCUT2D eigenvalue weighted by molar-refractivity contribution is 8.18. The second-order valence-electron chi connectivity index (χ2n) is 7.30. The predicted octanol–water partition coefficient (Wildman–Crippen LogP) is 4.15. The molecule has 1 aliphatic heterocycles. The van der Waals surface area contributed by atoms with Gasteiger partial charge >= 0.3 is 0 Å². The van der Waals surface area contributed by atoms with Crippen LogP contribution in [0.25, 0.3) is 17.0 Å². The average Bonchev–Trinajstić information content (AvgIpc) is 3.20. The molecule has 1 aromatic heterocycles. The quantitative estimate of drug-likeness (QED) is 0.547. The van der Waals surface area contributed by atoms with Gasteiger partial charge in [0.25, 0.3) is 11.1 Å². The molecule has 4 rings (SSSR count). The molecule has 1 aliphatic rings. The highest BCUT2D eigenvalue weighted by Crippen LogP contribution is 2.32. The number of aromatic amines is 1. The monoisotopic (exact) mass is 455 g/mol. The number of nitrogens with zero attached hydrogens (tertiary/aromatic N) is 1. The number of aryl methyl sites for hydroxylation is 1. The van der Waals surface area contributed by atoms with Crippen LogP contribution in [0.15, 0.2) is 47.4 Å². The number of benzene rings is 2. The molecule has 0 bridgehead atoms. The number of imide groups is 1. The van der Waals surface area contributed by atoms with E-state index in [1.807, 2.05) is 6.92 Å². The SMILES string of the molecule is Cc1[nH]c2ccc(F)cc2c1CC(=O)NCCN1C(=O)S/C(=C\c2ccccc2F)C1=O. The lowest BCUT2D eigenvalue weighted by Crippen LogP contribution is -2.37. The molecule has 0 saturated carbocycles. The second-order valence-corrected chi connectivity index (χ2v) is 8.29. The molecule has 32 heavy (non-hydrogen) atoms. The summed E-state index contributed by atoms with van der Waals surface area (Å²) in [6.45, 7) is 1.87. The highest BCUT2D eigenvalue weighted by atomic mass is 32.2. The number of amides is 3. The van der Waals surface area contributed by atoms with Crippen molar-refractivity contribution in [1.29, 1.82) is 0 Å². The number of carbonyl (C=O) groups excluding carboxylic acids is 3. The molecule has 2 heterocycles.